The second-order valence-corrected chi connectivity index (χ2v) is 6.80. The molecule has 1 atom stereocenters. The number of nitrogens with one attached hydrogen (secondary N) is 1. The maximum atomic E-state index is 12.7. The third-order valence-corrected chi connectivity index (χ3v) is 4.75. The Morgan fingerprint density at radius 1 is 1.33 bits per heavy atom. The summed E-state index contributed by atoms with van der Waals surface area (Å²) in [5, 5.41) is 7.28. The average Bonchev–Trinajstić information content (AvgIpc) is 3.31. The van der Waals surface area contributed by atoms with Gasteiger partial charge in [-0.05, 0) is 31.9 Å². The molecule has 4 rings (SSSR count). The van der Waals surface area contributed by atoms with Crippen LogP contribution >= 0.6 is 0 Å². The predicted octanol–water partition coefficient (Wildman–Crippen LogP) is 1.34. The molecule has 140 valence electrons. The Morgan fingerprint density at radius 3 is 2.81 bits per heavy atom. The number of carbonyl (C=O) groups is 1. The van der Waals surface area contributed by atoms with Crippen LogP contribution < -0.4 is 10.9 Å². The fourth-order valence-electron chi connectivity index (χ4n) is 3.21. The Bertz CT molecular complexity index is 1050. The normalized spacial score (nSPS) is 16.7. The number of rotatable bonds is 4. The van der Waals surface area contributed by atoms with Gasteiger partial charge in [0.05, 0.1) is 18.1 Å². The molecule has 1 aliphatic heterocycles. The van der Waals surface area contributed by atoms with Crippen molar-refractivity contribution < 1.29 is 9.53 Å². The van der Waals surface area contributed by atoms with Crippen LogP contribution in [0.5, 0.6) is 0 Å². The van der Waals surface area contributed by atoms with E-state index in [2.05, 4.69) is 15.4 Å². The zero-order valence-electron chi connectivity index (χ0n) is 15.3. The van der Waals surface area contributed by atoms with Gasteiger partial charge in [0.1, 0.15) is 5.52 Å². The number of hydrogen-bond donors (Lipinski definition) is 1. The monoisotopic (exact) mass is 367 g/mol. The fourth-order valence-corrected chi connectivity index (χ4v) is 3.21. The van der Waals surface area contributed by atoms with Crippen molar-refractivity contribution >= 4 is 16.9 Å². The molecular weight excluding hydrogens is 346 g/mol. The number of hydrogen-bond acceptors (Lipinski definition) is 5. The van der Waals surface area contributed by atoms with Gasteiger partial charge >= 0.3 is 0 Å². The number of ether oxygens (including phenoxy) is 1. The first-order valence-electron chi connectivity index (χ1n) is 8.96. The Balaban J connectivity index is 1.77. The summed E-state index contributed by atoms with van der Waals surface area (Å²) in [5.74, 6) is -0.359. The minimum absolute atomic E-state index is 0.0280. The SMILES string of the molecule is Cc1ccc(-n2nc(C(=O)NCC3CCCO3)c3ncn(C)c(=O)c32)cc1. The van der Waals surface area contributed by atoms with E-state index in [9.17, 15) is 9.59 Å². The summed E-state index contributed by atoms with van der Waals surface area (Å²) in [7, 11) is 1.62. The van der Waals surface area contributed by atoms with Gasteiger partial charge in [-0.15, -0.1) is 0 Å². The minimum atomic E-state index is -0.359. The van der Waals surface area contributed by atoms with Crippen LogP contribution in [0.15, 0.2) is 35.4 Å². The summed E-state index contributed by atoms with van der Waals surface area (Å²) in [6, 6.07) is 7.59. The van der Waals surface area contributed by atoms with Gasteiger partial charge in [-0.3, -0.25) is 9.59 Å². The molecule has 0 aliphatic carbocycles. The second-order valence-electron chi connectivity index (χ2n) is 6.80. The molecule has 1 N–H and O–H groups in total. The van der Waals surface area contributed by atoms with E-state index in [0.29, 0.717) is 17.7 Å². The highest BCUT2D eigenvalue weighted by atomic mass is 16.5. The highest BCUT2D eigenvalue weighted by Gasteiger charge is 2.23. The molecule has 8 heteroatoms. The first kappa shape index (κ1) is 17.4. The number of benzene rings is 1. The molecule has 27 heavy (non-hydrogen) atoms. The number of aryl methyl sites for hydroxylation is 2. The van der Waals surface area contributed by atoms with Crippen LogP contribution in [0.2, 0.25) is 0 Å². The zero-order valence-corrected chi connectivity index (χ0v) is 15.3. The van der Waals surface area contributed by atoms with Crippen LogP contribution in [0.1, 0.15) is 28.9 Å². The predicted molar refractivity (Wildman–Crippen MR) is 100 cm³/mol. The van der Waals surface area contributed by atoms with E-state index in [1.54, 1.807) is 7.05 Å². The zero-order chi connectivity index (χ0) is 19.0. The second kappa shape index (κ2) is 6.96. The van der Waals surface area contributed by atoms with E-state index in [1.807, 2.05) is 31.2 Å². The van der Waals surface area contributed by atoms with E-state index in [4.69, 9.17) is 4.74 Å². The van der Waals surface area contributed by atoms with Crippen molar-refractivity contribution in [2.24, 2.45) is 7.05 Å². The molecule has 0 saturated carbocycles. The number of carbonyl (C=O) groups excluding carboxylic acids is 1. The topological polar surface area (TPSA) is 91.0 Å². The highest BCUT2D eigenvalue weighted by Crippen LogP contribution is 2.18. The molecule has 1 saturated heterocycles. The fraction of sp³-hybridized carbons (Fsp3) is 0.368. The van der Waals surface area contributed by atoms with Crippen LogP contribution in [0.3, 0.4) is 0 Å². The molecule has 1 aromatic carbocycles. The molecular formula is C19H21N5O3. The van der Waals surface area contributed by atoms with E-state index in [1.165, 1.54) is 15.6 Å². The Labute approximate surface area is 155 Å². The molecule has 0 radical (unpaired) electrons. The van der Waals surface area contributed by atoms with Crippen molar-refractivity contribution in [1.82, 2.24) is 24.6 Å². The van der Waals surface area contributed by atoms with Gasteiger partial charge in [-0.2, -0.15) is 5.10 Å². The standard InChI is InChI=1S/C19H21N5O3/c1-12-5-7-13(8-6-12)24-17-15(21-11-23(2)19(17)26)16(22-24)18(25)20-10-14-4-3-9-27-14/h5-8,11,14H,3-4,9-10H2,1-2H3,(H,20,25). The summed E-state index contributed by atoms with van der Waals surface area (Å²) in [4.78, 5) is 29.7. The van der Waals surface area contributed by atoms with Crippen LogP contribution in [-0.2, 0) is 11.8 Å². The molecule has 8 nitrogen and oxygen atoms in total. The molecule has 3 heterocycles. The largest absolute Gasteiger partial charge is 0.376 e. The Kier molecular flexibility index (Phi) is 4.49. The third kappa shape index (κ3) is 3.23. The van der Waals surface area contributed by atoms with Crippen molar-refractivity contribution in [2.45, 2.75) is 25.9 Å². The van der Waals surface area contributed by atoms with Gasteiger partial charge < -0.3 is 14.6 Å². The molecule has 0 bridgehead atoms. The summed E-state index contributed by atoms with van der Waals surface area (Å²) in [6.07, 6.45) is 3.36. The maximum Gasteiger partial charge on any atom is 0.279 e. The van der Waals surface area contributed by atoms with Crippen LogP contribution in [0.4, 0.5) is 0 Å². The van der Waals surface area contributed by atoms with Crippen molar-refractivity contribution in [3.63, 3.8) is 0 Å². The molecule has 1 unspecified atom stereocenters. The lowest BCUT2D eigenvalue weighted by Gasteiger charge is -2.09. The Hall–Kier alpha value is -3.00. The number of fused-ring (bicyclic) bond motifs is 1. The Morgan fingerprint density at radius 2 is 2.11 bits per heavy atom. The quantitative estimate of drug-likeness (QED) is 0.751. The minimum Gasteiger partial charge on any atom is -0.376 e. The number of amides is 1. The lowest BCUT2D eigenvalue weighted by Crippen LogP contribution is -2.32. The van der Waals surface area contributed by atoms with Crippen molar-refractivity contribution in [3.05, 3.63) is 52.2 Å². The van der Waals surface area contributed by atoms with E-state index < -0.39 is 0 Å². The first-order valence-corrected chi connectivity index (χ1v) is 8.96. The van der Waals surface area contributed by atoms with E-state index >= 15 is 0 Å². The van der Waals surface area contributed by atoms with Gasteiger partial charge in [0.2, 0.25) is 0 Å². The third-order valence-electron chi connectivity index (χ3n) is 4.75. The van der Waals surface area contributed by atoms with Crippen LogP contribution in [0, 0.1) is 6.92 Å². The van der Waals surface area contributed by atoms with Crippen molar-refractivity contribution in [1.29, 1.82) is 0 Å². The summed E-state index contributed by atoms with van der Waals surface area (Å²) < 4.78 is 8.41. The summed E-state index contributed by atoms with van der Waals surface area (Å²) in [6.45, 7) is 3.13. The maximum absolute atomic E-state index is 12.7. The molecule has 3 aromatic rings. The number of aromatic nitrogens is 4. The molecule has 1 aliphatic rings. The van der Waals surface area contributed by atoms with Crippen molar-refractivity contribution in [3.8, 4) is 5.69 Å². The van der Waals surface area contributed by atoms with E-state index in [-0.39, 0.29) is 28.8 Å². The molecule has 1 amide bonds. The van der Waals surface area contributed by atoms with Gasteiger partial charge in [0, 0.05) is 20.2 Å². The van der Waals surface area contributed by atoms with Crippen LogP contribution in [0.25, 0.3) is 16.7 Å². The van der Waals surface area contributed by atoms with Gasteiger partial charge in [-0.25, -0.2) is 9.67 Å². The smallest absolute Gasteiger partial charge is 0.279 e. The lowest BCUT2D eigenvalue weighted by molar-refractivity contribution is 0.0854. The van der Waals surface area contributed by atoms with Gasteiger partial charge in [0.25, 0.3) is 11.5 Å². The number of nitrogens with zero attached hydrogens (tertiary/aromatic N) is 4. The molecule has 0 spiro atoms. The first-order chi connectivity index (χ1) is 13.0. The molecule has 1 fully saturated rings. The van der Waals surface area contributed by atoms with Gasteiger partial charge in [0.15, 0.2) is 11.2 Å². The van der Waals surface area contributed by atoms with Crippen LogP contribution in [-0.4, -0.2) is 44.5 Å². The average molecular weight is 367 g/mol. The summed E-state index contributed by atoms with van der Waals surface area (Å²) >= 11 is 0. The van der Waals surface area contributed by atoms with E-state index in [0.717, 1.165) is 25.0 Å². The summed E-state index contributed by atoms with van der Waals surface area (Å²) in [5.41, 5.74) is 2.26. The van der Waals surface area contributed by atoms with Gasteiger partial charge in [-0.1, -0.05) is 17.7 Å². The molecule has 2 aromatic heterocycles. The lowest BCUT2D eigenvalue weighted by atomic mass is 10.2. The van der Waals surface area contributed by atoms with Crippen molar-refractivity contribution in [2.75, 3.05) is 13.2 Å². The highest BCUT2D eigenvalue weighted by molar-refractivity contribution is 6.03.